The Bertz CT molecular complexity index is 1600. The Hall–Kier alpha value is -4.16. The van der Waals surface area contributed by atoms with Gasteiger partial charge in [-0.2, -0.15) is 0 Å². The first kappa shape index (κ1) is 23.0. The molecule has 2 aliphatic rings. The molecule has 5 aromatic rings. The van der Waals surface area contributed by atoms with Crippen LogP contribution in [0.2, 0.25) is 0 Å². The van der Waals surface area contributed by atoms with Gasteiger partial charge in [-0.25, -0.2) is 0 Å². The largest absolute Gasteiger partial charge is 0.0639 e. The normalized spacial score (nSPS) is 16.1. The Morgan fingerprint density at radius 3 is 1.53 bits per heavy atom. The van der Waals surface area contributed by atoms with E-state index in [-0.39, 0.29) is 17.3 Å². The average molecular weight is 489 g/mol. The highest BCUT2D eigenvalue weighted by molar-refractivity contribution is 5.82. The van der Waals surface area contributed by atoms with Gasteiger partial charge in [0.15, 0.2) is 0 Å². The predicted molar refractivity (Wildman–Crippen MR) is 160 cm³/mol. The molecule has 2 aliphatic carbocycles. The van der Waals surface area contributed by atoms with Gasteiger partial charge in [0.1, 0.15) is 0 Å². The van der Waals surface area contributed by atoms with E-state index in [1.54, 1.807) is 0 Å². The monoisotopic (exact) mass is 488 g/mol. The van der Waals surface area contributed by atoms with Crippen LogP contribution in [0.5, 0.6) is 0 Å². The molecule has 5 aromatic carbocycles. The maximum absolute atomic E-state index is 2.45. The van der Waals surface area contributed by atoms with Crippen molar-refractivity contribution >= 4 is 6.08 Å². The topological polar surface area (TPSA) is 0 Å². The van der Waals surface area contributed by atoms with Gasteiger partial charge in [-0.05, 0) is 65.3 Å². The molecule has 38 heavy (non-hydrogen) atoms. The molecular formula is C38H32. The van der Waals surface area contributed by atoms with Crippen molar-refractivity contribution in [1.82, 2.24) is 0 Å². The van der Waals surface area contributed by atoms with Crippen molar-refractivity contribution < 1.29 is 0 Å². The van der Waals surface area contributed by atoms with Crippen LogP contribution in [0.15, 0.2) is 127 Å². The second kappa shape index (κ2) is 8.71. The highest BCUT2D eigenvalue weighted by Gasteiger charge is 2.54. The summed E-state index contributed by atoms with van der Waals surface area (Å²) in [4.78, 5) is 0. The number of benzene rings is 5. The van der Waals surface area contributed by atoms with E-state index in [4.69, 9.17) is 0 Å². The van der Waals surface area contributed by atoms with Crippen LogP contribution < -0.4 is 0 Å². The molecule has 0 spiro atoms. The molecule has 0 aromatic heterocycles. The van der Waals surface area contributed by atoms with Gasteiger partial charge in [0, 0.05) is 17.3 Å². The first-order valence-corrected chi connectivity index (χ1v) is 13.7. The molecule has 0 radical (unpaired) electrons. The second-order valence-electron chi connectivity index (χ2n) is 11.2. The molecule has 1 atom stereocenters. The summed E-state index contributed by atoms with van der Waals surface area (Å²) in [6.07, 6.45) is 2.42. The fraction of sp³-hybridized carbons (Fsp3) is 0.158. The first-order valence-electron chi connectivity index (χ1n) is 13.7. The van der Waals surface area contributed by atoms with E-state index in [2.05, 4.69) is 148 Å². The van der Waals surface area contributed by atoms with Crippen LogP contribution in [0.1, 0.15) is 63.3 Å². The summed E-state index contributed by atoms with van der Waals surface area (Å²) < 4.78 is 0. The van der Waals surface area contributed by atoms with Crippen molar-refractivity contribution in [3.05, 3.63) is 171 Å². The standard InChI is InChI=1S/C38H32/c1-25-18-20-32-33-21-19-26(2)23-35(33)37(34(32)22-25)38(29-13-6-4-7-14-29,30-15-8-5-9-16-30)36-27(3)24-28-12-10-11-17-31(28)36/h4-24,36-37H,1-3H3. The second-order valence-corrected chi connectivity index (χ2v) is 11.2. The maximum atomic E-state index is 2.45. The SMILES string of the molecule is CC1=Cc2ccccc2C1C(c1ccccc1)(c1ccccc1)C1c2cc(C)ccc2-c2ccc(C)cc21. The van der Waals surface area contributed by atoms with Gasteiger partial charge in [0.05, 0.1) is 0 Å². The molecule has 0 bridgehead atoms. The maximum Gasteiger partial charge on any atom is 0.0418 e. The van der Waals surface area contributed by atoms with Crippen molar-refractivity contribution in [1.29, 1.82) is 0 Å². The lowest BCUT2D eigenvalue weighted by molar-refractivity contribution is 0.405. The van der Waals surface area contributed by atoms with Crippen LogP contribution >= 0.6 is 0 Å². The fourth-order valence-electron chi connectivity index (χ4n) is 7.50. The summed E-state index contributed by atoms with van der Waals surface area (Å²) in [5, 5.41) is 0. The van der Waals surface area contributed by atoms with Crippen LogP contribution in [-0.2, 0) is 5.41 Å². The van der Waals surface area contributed by atoms with Crippen molar-refractivity contribution in [2.45, 2.75) is 38.0 Å². The molecule has 0 heterocycles. The Kier molecular flexibility index (Phi) is 5.27. The summed E-state index contributed by atoms with van der Waals surface area (Å²) in [5.74, 6) is 0.366. The molecule has 0 N–H and O–H groups in total. The number of allylic oxidation sites excluding steroid dienone is 1. The van der Waals surface area contributed by atoms with E-state index in [0.717, 1.165) is 0 Å². The zero-order valence-corrected chi connectivity index (χ0v) is 22.3. The lowest BCUT2D eigenvalue weighted by atomic mass is 9.54. The quantitative estimate of drug-likeness (QED) is 0.236. The highest BCUT2D eigenvalue weighted by Crippen LogP contribution is 2.64. The summed E-state index contributed by atoms with van der Waals surface area (Å²) >= 11 is 0. The predicted octanol–water partition coefficient (Wildman–Crippen LogP) is 9.60. The summed E-state index contributed by atoms with van der Waals surface area (Å²) in [5.41, 5.74) is 14.8. The average Bonchev–Trinajstić information content (AvgIpc) is 3.45. The summed E-state index contributed by atoms with van der Waals surface area (Å²) in [6, 6.07) is 45.8. The molecule has 184 valence electrons. The number of hydrogen-bond acceptors (Lipinski definition) is 0. The Balaban J connectivity index is 1.67. The van der Waals surface area contributed by atoms with Crippen LogP contribution in [-0.4, -0.2) is 0 Å². The number of fused-ring (bicyclic) bond motifs is 4. The van der Waals surface area contributed by atoms with E-state index >= 15 is 0 Å². The van der Waals surface area contributed by atoms with Crippen molar-refractivity contribution in [3.8, 4) is 11.1 Å². The third kappa shape index (κ3) is 3.23. The van der Waals surface area contributed by atoms with Crippen LogP contribution in [0.4, 0.5) is 0 Å². The molecule has 0 fully saturated rings. The number of rotatable bonds is 4. The van der Waals surface area contributed by atoms with Crippen LogP contribution in [0, 0.1) is 13.8 Å². The van der Waals surface area contributed by atoms with Gasteiger partial charge in [0.25, 0.3) is 0 Å². The minimum atomic E-state index is -0.336. The molecule has 0 aliphatic heterocycles. The minimum Gasteiger partial charge on any atom is -0.0639 e. The summed E-state index contributed by atoms with van der Waals surface area (Å²) in [6.45, 7) is 6.80. The lowest BCUT2D eigenvalue weighted by Crippen LogP contribution is -2.41. The Morgan fingerprint density at radius 1 is 0.474 bits per heavy atom. The summed E-state index contributed by atoms with van der Waals surface area (Å²) in [7, 11) is 0. The molecule has 0 heteroatoms. The number of hydrogen-bond donors (Lipinski definition) is 0. The van der Waals surface area contributed by atoms with Gasteiger partial charge in [-0.15, -0.1) is 0 Å². The van der Waals surface area contributed by atoms with Crippen molar-refractivity contribution in [2.75, 3.05) is 0 Å². The van der Waals surface area contributed by atoms with E-state index in [1.165, 1.54) is 61.2 Å². The molecule has 0 amide bonds. The highest BCUT2D eigenvalue weighted by atomic mass is 14.6. The zero-order chi connectivity index (χ0) is 25.9. The third-order valence-corrected chi connectivity index (χ3v) is 8.89. The van der Waals surface area contributed by atoms with E-state index in [1.807, 2.05) is 0 Å². The minimum absolute atomic E-state index is 0.164. The lowest BCUT2D eigenvalue weighted by Gasteiger charge is -2.47. The Morgan fingerprint density at radius 2 is 0.974 bits per heavy atom. The Labute approximate surface area is 226 Å². The van der Waals surface area contributed by atoms with E-state index < -0.39 is 0 Å². The first-order chi connectivity index (χ1) is 18.6. The van der Waals surface area contributed by atoms with Gasteiger partial charge in [0.2, 0.25) is 0 Å². The number of aryl methyl sites for hydroxylation is 2. The molecule has 0 saturated heterocycles. The van der Waals surface area contributed by atoms with Crippen molar-refractivity contribution in [2.24, 2.45) is 0 Å². The molecular weight excluding hydrogens is 456 g/mol. The van der Waals surface area contributed by atoms with Gasteiger partial charge < -0.3 is 0 Å². The van der Waals surface area contributed by atoms with Gasteiger partial charge >= 0.3 is 0 Å². The molecule has 0 saturated carbocycles. The smallest absolute Gasteiger partial charge is 0.0418 e. The van der Waals surface area contributed by atoms with Crippen LogP contribution in [0.25, 0.3) is 17.2 Å². The third-order valence-electron chi connectivity index (χ3n) is 8.89. The van der Waals surface area contributed by atoms with E-state index in [9.17, 15) is 0 Å². The van der Waals surface area contributed by atoms with E-state index in [0.29, 0.717) is 0 Å². The van der Waals surface area contributed by atoms with Crippen LogP contribution in [0.3, 0.4) is 0 Å². The fourth-order valence-corrected chi connectivity index (χ4v) is 7.50. The molecule has 1 unspecified atom stereocenters. The molecule has 0 nitrogen and oxygen atoms in total. The van der Waals surface area contributed by atoms with Gasteiger partial charge in [-0.3, -0.25) is 0 Å². The molecule has 7 rings (SSSR count). The van der Waals surface area contributed by atoms with Gasteiger partial charge in [-0.1, -0.05) is 144 Å². The zero-order valence-electron chi connectivity index (χ0n) is 22.3. The van der Waals surface area contributed by atoms with Crippen molar-refractivity contribution in [3.63, 3.8) is 0 Å².